The molecule has 2 fully saturated rings. The number of carbonyl (C=O) groups is 5. The average Bonchev–Trinajstić information content (AvgIpc) is 3.33. The minimum Gasteiger partial charge on any atom is -0.464 e. The molecule has 2 saturated heterocycles. The van der Waals surface area contributed by atoms with Gasteiger partial charge in [-0.05, 0) is 16.7 Å². The molecule has 5 rings (SSSR count). The molecule has 0 aliphatic carbocycles. The molecule has 4 unspecified atom stereocenters. The van der Waals surface area contributed by atoms with Gasteiger partial charge in [-0.3, -0.25) is 24.1 Å². The molecule has 11 heteroatoms. The van der Waals surface area contributed by atoms with Gasteiger partial charge in [0.1, 0.15) is 24.1 Å². The Kier molecular flexibility index (Phi) is 9.55. The average molecular weight is 680 g/mol. The SMILES string of the molecule is CC(=O)OCC1(CBr)SC2C(N(C(C)=O)C(=O)Cc3ccccc3)C(=O)N2C1C(=O)OC(c1ccccc1)c1ccccc1. The van der Waals surface area contributed by atoms with Gasteiger partial charge in [0.15, 0.2) is 6.10 Å². The molecule has 44 heavy (non-hydrogen) atoms. The van der Waals surface area contributed by atoms with Crippen molar-refractivity contribution in [3.05, 3.63) is 108 Å². The first-order chi connectivity index (χ1) is 21.2. The summed E-state index contributed by atoms with van der Waals surface area (Å²) in [4.78, 5) is 68.5. The minimum atomic E-state index is -1.17. The fraction of sp³-hybridized carbons (Fsp3) is 0.303. The molecule has 0 N–H and O–H groups in total. The number of carbonyl (C=O) groups excluding carboxylic acids is 5. The van der Waals surface area contributed by atoms with Crippen molar-refractivity contribution in [3.63, 3.8) is 0 Å². The van der Waals surface area contributed by atoms with E-state index in [0.717, 1.165) is 16.0 Å². The van der Waals surface area contributed by atoms with E-state index in [1.807, 2.05) is 66.7 Å². The third kappa shape index (κ3) is 6.16. The van der Waals surface area contributed by atoms with Crippen LogP contribution in [0.25, 0.3) is 0 Å². The molecule has 4 atom stereocenters. The number of β-lactam (4-membered cyclic amide) rings is 1. The van der Waals surface area contributed by atoms with Gasteiger partial charge >= 0.3 is 11.9 Å². The molecule has 9 nitrogen and oxygen atoms in total. The van der Waals surface area contributed by atoms with Crippen molar-refractivity contribution in [1.29, 1.82) is 0 Å². The summed E-state index contributed by atoms with van der Waals surface area (Å²) in [5.74, 6) is -2.90. The molecule has 3 aromatic rings. The van der Waals surface area contributed by atoms with Gasteiger partial charge in [-0.25, -0.2) is 4.79 Å². The quantitative estimate of drug-likeness (QED) is 0.178. The second-order valence-electron chi connectivity index (χ2n) is 10.7. The molecule has 0 spiro atoms. The maximum absolute atomic E-state index is 14.2. The Bertz CT molecular complexity index is 1500. The second-order valence-corrected chi connectivity index (χ2v) is 12.8. The third-order valence-corrected chi connectivity index (χ3v) is 10.7. The number of imide groups is 1. The van der Waals surface area contributed by atoms with Crippen LogP contribution < -0.4 is 0 Å². The molecule has 3 amide bonds. The number of ether oxygens (including phenoxy) is 2. The zero-order valence-electron chi connectivity index (χ0n) is 24.1. The lowest BCUT2D eigenvalue weighted by Crippen LogP contribution is -2.72. The largest absolute Gasteiger partial charge is 0.464 e. The van der Waals surface area contributed by atoms with E-state index in [1.54, 1.807) is 24.3 Å². The summed E-state index contributed by atoms with van der Waals surface area (Å²) in [6.45, 7) is 2.30. The highest BCUT2D eigenvalue weighted by Gasteiger charge is 2.69. The van der Waals surface area contributed by atoms with Gasteiger partial charge in [0, 0.05) is 19.2 Å². The number of alkyl halides is 1. The van der Waals surface area contributed by atoms with E-state index in [4.69, 9.17) is 9.47 Å². The third-order valence-electron chi connectivity index (χ3n) is 7.68. The number of esters is 2. The zero-order valence-corrected chi connectivity index (χ0v) is 26.5. The van der Waals surface area contributed by atoms with Crippen LogP contribution in [0, 0.1) is 0 Å². The Morgan fingerprint density at radius 2 is 1.45 bits per heavy atom. The highest BCUT2D eigenvalue weighted by molar-refractivity contribution is 9.09. The zero-order chi connectivity index (χ0) is 31.4. The van der Waals surface area contributed by atoms with E-state index in [2.05, 4.69) is 15.9 Å². The summed E-state index contributed by atoms with van der Waals surface area (Å²) in [6.07, 6.45) is -0.844. The molecule has 0 bridgehead atoms. The first-order valence-corrected chi connectivity index (χ1v) is 16.0. The summed E-state index contributed by atoms with van der Waals surface area (Å²) in [6, 6.07) is 25.1. The van der Waals surface area contributed by atoms with Crippen LogP contribution in [0.3, 0.4) is 0 Å². The molecule has 3 aromatic carbocycles. The number of fused-ring (bicyclic) bond motifs is 1. The Morgan fingerprint density at radius 1 is 0.909 bits per heavy atom. The molecule has 0 aromatic heterocycles. The van der Waals surface area contributed by atoms with E-state index in [-0.39, 0.29) is 18.4 Å². The summed E-state index contributed by atoms with van der Waals surface area (Å²) >= 11 is 4.73. The van der Waals surface area contributed by atoms with Gasteiger partial charge < -0.3 is 14.4 Å². The predicted octanol–water partition coefficient (Wildman–Crippen LogP) is 4.29. The normalized spacial score (nSPS) is 22.1. The first kappa shape index (κ1) is 31.5. The summed E-state index contributed by atoms with van der Waals surface area (Å²) in [5.41, 5.74) is 2.17. The van der Waals surface area contributed by atoms with Gasteiger partial charge in [-0.15, -0.1) is 11.8 Å². The van der Waals surface area contributed by atoms with E-state index in [1.165, 1.54) is 30.5 Å². The van der Waals surface area contributed by atoms with Crippen molar-refractivity contribution in [2.24, 2.45) is 0 Å². The highest BCUT2D eigenvalue weighted by Crippen LogP contribution is 2.54. The van der Waals surface area contributed by atoms with Crippen LogP contribution in [0.2, 0.25) is 0 Å². The van der Waals surface area contributed by atoms with Crippen molar-refractivity contribution in [3.8, 4) is 0 Å². The maximum Gasteiger partial charge on any atom is 0.331 e. The molecular formula is C33H31BrN2O7S. The fourth-order valence-corrected chi connectivity index (χ4v) is 8.20. The number of amides is 3. The van der Waals surface area contributed by atoms with Gasteiger partial charge in [-0.2, -0.15) is 0 Å². The summed E-state index contributed by atoms with van der Waals surface area (Å²) in [5, 5.41) is -0.590. The Labute approximate surface area is 268 Å². The van der Waals surface area contributed by atoms with Crippen molar-refractivity contribution >= 4 is 57.4 Å². The van der Waals surface area contributed by atoms with E-state index >= 15 is 0 Å². The Morgan fingerprint density at radius 3 is 1.95 bits per heavy atom. The molecule has 2 aliphatic heterocycles. The minimum absolute atomic E-state index is 0.0695. The lowest BCUT2D eigenvalue weighted by Gasteiger charge is -2.47. The summed E-state index contributed by atoms with van der Waals surface area (Å²) < 4.78 is 10.5. The number of nitrogens with zero attached hydrogens (tertiary/aromatic N) is 2. The molecule has 2 heterocycles. The Balaban J connectivity index is 1.48. The molecule has 2 aliphatic rings. The van der Waals surface area contributed by atoms with Crippen molar-refractivity contribution < 1.29 is 33.4 Å². The van der Waals surface area contributed by atoms with Crippen molar-refractivity contribution in [1.82, 2.24) is 9.80 Å². The fourth-order valence-electron chi connectivity index (χ4n) is 5.62. The lowest BCUT2D eigenvalue weighted by molar-refractivity contribution is -0.175. The molecular weight excluding hydrogens is 648 g/mol. The topological polar surface area (TPSA) is 110 Å². The van der Waals surface area contributed by atoms with Crippen LogP contribution in [-0.2, 0) is 39.9 Å². The van der Waals surface area contributed by atoms with Crippen LogP contribution in [-0.4, -0.2) is 73.6 Å². The summed E-state index contributed by atoms with van der Waals surface area (Å²) in [7, 11) is 0. The smallest absolute Gasteiger partial charge is 0.331 e. The first-order valence-electron chi connectivity index (χ1n) is 14.0. The van der Waals surface area contributed by atoms with Crippen LogP contribution in [0.1, 0.15) is 36.6 Å². The van der Waals surface area contributed by atoms with Gasteiger partial charge in [-0.1, -0.05) is 107 Å². The Hall–Kier alpha value is -3.96. The van der Waals surface area contributed by atoms with Crippen LogP contribution in [0.5, 0.6) is 0 Å². The lowest BCUT2D eigenvalue weighted by atomic mass is 9.93. The van der Waals surface area contributed by atoms with Crippen LogP contribution in [0.15, 0.2) is 91.0 Å². The standard InChI is InChI=1S/C33H31BrN2O7S/c1-21(37)35(26(39)18-23-12-6-3-7-13-23)27-30(40)36-29(33(19-34,44-31(27)36)20-42-22(2)38)32(41)43-28(24-14-8-4-9-15-24)25-16-10-5-11-17-25/h3-17,27-29,31H,18-20H2,1-2H3. The maximum atomic E-state index is 14.2. The van der Waals surface area contributed by atoms with E-state index in [9.17, 15) is 24.0 Å². The number of rotatable bonds is 10. The van der Waals surface area contributed by atoms with Crippen molar-refractivity contribution in [2.75, 3.05) is 11.9 Å². The van der Waals surface area contributed by atoms with Gasteiger partial charge in [0.05, 0.1) is 11.2 Å². The monoisotopic (exact) mass is 678 g/mol. The van der Waals surface area contributed by atoms with Crippen LogP contribution >= 0.6 is 27.7 Å². The molecule has 228 valence electrons. The van der Waals surface area contributed by atoms with Gasteiger partial charge in [0.2, 0.25) is 11.8 Å². The second kappa shape index (κ2) is 13.4. The van der Waals surface area contributed by atoms with Crippen molar-refractivity contribution in [2.45, 2.75) is 48.6 Å². The number of benzene rings is 3. The molecule has 0 radical (unpaired) electrons. The number of halogens is 1. The van der Waals surface area contributed by atoms with Crippen LogP contribution in [0.4, 0.5) is 0 Å². The molecule has 0 saturated carbocycles. The number of hydrogen-bond acceptors (Lipinski definition) is 8. The highest BCUT2D eigenvalue weighted by atomic mass is 79.9. The van der Waals surface area contributed by atoms with Gasteiger partial charge in [0.25, 0.3) is 5.91 Å². The van der Waals surface area contributed by atoms with E-state index < -0.39 is 58.0 Å². The predicted molar refractivity (Wildman–Crippen MR) is 167 cm³/mol. The number of thioether (sulfide) groups is 1. The number of hydrogen-bond donors (Lipinski definition) is 0. The van der Waals surface area contributed by atoms with E-state index in [0.29, 0.717) is 5.56 Å².